The SMILES string of the molecule is CNc1cc(C(F)(F)F)cc(NCc2cnn(C)c2)n1. The second-order valence-electron chi connectivity index (χ2n) is 4.25. The Morgan fingerprint density at radius 1 is 1.25 bits per heavy atom. The topological polar surface area (TPSA) is 54.8 Å². The molecule has 0 amide bonds. The minimum Gasteiger partial charge on any atom is -0.373 e. The van der Waals surface area contributed by atoms with E-state index in [1.54, 1.807) is 24.1 Å². The van der Waals surface area contributed by atoms with E-state index in [9.17, 15) is 13.2 Å². The summed E-state index contributed by atoms with van der Waals surface area (Å²) < 4.78 is 39.9. The third kappa shape index (κ3) is 3.40. The first kappa shape index (κ1) is 14.2. The van der Waals surface area contributed by atoms with Crippen molar-refractivity contribution in [2.24, 2.45) is 7.05 Å². The van der Waals surface area contributed by atoms with Gasteiger partial charge in [-0.05, 0) is 12.1 Å². The molecule has 0 atom stereocenters. The van der Waals surface area contributed by atoms with E-state index in [0.29, 0.717) is 6.54 Å². The number of aromatic nitrogens is 3. The van der Waals surface area contributed by atoms with E-state index in [0.717, 1.165) is 17.7 Å². The van der Waals surface area contributed by atoms with Crippen LogP contribution in [0.5, 0.6) is 0 Å². The highest BCUT2D eigenvalue weighted by molar-refractivity contribution is 5.49. The number of aryl methyl sites for hydroxylation is 1. The molecule has 0 fully saturated rings. The zero-order valence-corrected chi connectivity index (χ0v) is 11.0. The lowest BCUT2D eigenvalue weighted by atomic mass is 10.2. The Morgan fingerprint density at radius 2 is 1.95 bits per heavy atom. The predicted molar refractivity (Wildman–Crippen MR) is 69.3 cm³/mol. The lowest BCUT2D eigenvalue weighted by molar-refractivity contribution is -0.137. The molecule has 108 valence electrons. The normalized spacial score (nSPS) is 11.4. The number of halogens is 3. The minimum atomic E-state index is -4.40. The van der Waals surface area contributed by atoms with Gasteiger partial charge in [-0.15, -0.1) is 0 Å². The fourth-order valence-electron chi connectivity index (χ4n) is 1.67. The van der Waals surface area contributed by atoms with Crippen molar-refractivity contribution in [2.75, 3.05) is 17.7 Å². The summed E-state index contributed by atoms with van der Waals surface area (Å²) in [5.74, 6) is 0.321. The molecule has 5 nitrogen and oxygen atoms in total. The van der Waals surface area contributed by atoms with Gasteiger partial charge in [0.15, 0.2) is 0 Å². The molecule has 0 bridgehead atoms. The molecule has 0 saturated heterocycles. The Labute approximate surface area is 113 Å². The highest BCUT2D eigenvalue weighted by Gasteiger charge is 2.31. The van der Waals surface area contributed by atoms with E-state index in [2.05, 4.69) is 20.7 Å². The number of anilines is 2. The van der Waals surface area contributed by atoms with E-state index >= 15 is 0 Å². The van der Waals surface area contributed by atoms with Crippen LogP contribution in [-0.4, -0.2) is 21.8 Å². The van der Waals surface area contributed by atoms with Crippen LogP contribution in [0.3, 0.4) is 0 Å². The van der Waals surface area contributed by atoms with Crippen LogP contribution in [0.1, 0.15) is 11.1 Å². The van der Waals surface area contributed by atoms with Gasteiger partial charge in [-0.3, -0.25) is 4.68 Å². The third-order valence-electron chi connectivity index (χ3n) is 2.64. The molecule has 0 aliphatic heterocycles. The lowest BCUT2D eigenvalue weighted by Gasteiger charge is -2.12. The molecular formula is C12H14F3N5. The molecule has 2 aromatic heterocycles. The molecule has 2 N–H and O–H groups in total. The average Bonchev–Trinajstić information content (AvgIpc) is 2.81. The van der Waals surface area contributed by atoms with E-state index in [1.807, 2.05) is 0 Å². The maximum Gasteiger partial charge on any atom is 0.416 e. The summed E-state index contributed by atoms with van der Waals surface area (Å²) in [7, 11) is 3.29. The van der Waals surface area contributed by atoms with Crippen molar-refractivity contribution in [1.29, 1.82) is 0 Å². The van der Waals surface area contributed by atoms with Crippen molar-refractivity contribution in [3.63, 3.8) is 0 Å². The van der Waals surface area contributed by atoms with Crippen LogP contribution in [0, 0.1) is 0 Å². The van der Waals surface area contributed by atoms with Crippen molar-refractivity contribution >= 4 is 11.6 Å². The lowest BCUT2D eigenvalue weighted by Crippen LogP contribution is -2.09. The first-order valence-corrected chi connectivity index (χ1v) is 5.87. The Morgan fingerprint density at radius 3 is 2.50 bits per heavy atom. The van der Waals surface area contributed by atoms with Crippen LogP contribution in [0.2, 0.25) is 0 Å². The van der Waals surface area contributed by atoms with E-state index < -0.39 is 11.7 Å². The van der Waals surface area contributed by atoms with Crippen LogP contribution in [0.4, 0.5) is 24.8 Å². The van der Waals surface area contributed by atoms with Crippen LogP contribution < -0.4 is 10.6 Å². The highest BCUT2D eigenvalue weighted by Crippen LogP contribution is 2.32. The van der Waals surface area contributed by atoms with Crippen molar-refractivity contribution in [1.82, 2.24) is 14.8 Å². The van der Waals surface area contributed by atoms with Gasteiger partial charge in [0, 0.05) is 32.4 Å². The number of rotatable bonds is 4. The van der Waals surface area contributed by atoms with Gasteiger partial charge in [-0.1, -0.05) is 0 Å². The monoisotopic (exact) mass is 285 g/mol. The highest BCUT2D eigenvalue weighted by atomic mass is 19.4. The fourth-order valence-corrected chi connectivity index (χ4v) is 1.67. The van der Waals surface area contributed by atoms with Gasteiger partial charge in [0.05, 0.1) is 11.8 Å². The van der Waals surface area contributed by atoms with E-state index in [4.69, 9.17) is 0 Å². The number of nitrogens with one attached hydrogen (secondary N) is 2. The summed E-state index contributed by atoms with van der Waals surface area (Å²) in [5, 5.41) is 9.45. The molecule has 8 heteroatoms. The largest absolute Gasteiger partial charge is 0.416 e. The van der Waals surface area contributed by atoms with Gasteiger partial charge in [-0.25, -0.2) is 4.98 Å². The van der Waals surface area contributed by atoms with Crippen LogP contribution in [0.15, 0.2) is 24.5 Å². The Kier molecular flexibility index (Phi) is 3.82. The maximum absolute atomic E-state index is 12.8. The fraction of sp³-hybridized carbons (Fsp3) is 0.333. The van der Waals surface area contributed by atoms with Crippen LogP contribution in [-0.2, 0) is 19.8 Å². The maximum atomic E-state index is 12.8. The number of pyridine rings is 1. The van der Waals surface area contributed by atoms with E-state index in [1.165, 1.54) is 7.05 Å². The van der Waals surface area contributed by atoms with Gasteiger partial charge >= 0.3 is 6.18 Å². The van der Waals surface area contributed by atoms with Gasteiger partial charge in [0.2, 0.25) is 0 Å². The summed E-state index contributed by atoms with van der Waals surface area (Å²) >= 11 is 0. The molecule has 0 spiro atoms. The summed E-state index contributed by atoms with van der Waals surface area (Å²) in [6.07, 6.45) is -0.988. The summed E-state index contributed by atoms with van der Waals surface area (Å²) in [5.41, 5.74) is 0.114. The molecule has 0 unspecified atom stereocenters. The first-order valence-electron chi connectivity index (χ1n) is 5.87. The van der Waals surface area contributed by atoms with Crippen molar-refractivity contribution in [2.45, 2.75) is 12.7 Å². The third-order valence-corrected chi connectivity index (χ3v) is 2.64. The molecule has 2 aromatic rings. The van der Waals surface area contributed by atoms with Crippen molar-refractivity contribution in [3.05, 3.63) is 35.7 Å². The summed E-state index contributed by atoms with van der Waals surface area (Å²) in [6.45, 7) is 0.352. The minimum absolute atomic E-state index is 0.160. The Bertz CT molecular complexity index is 591. The standard InChI is InChI=1S/C12H14F3N5/c1-16-10-3-9(12(13,14)15)4-11(19-10)17-5-8-6-18-20(2)7-8/h3-4,6-7H,5H2,1-2H3,(H2,16,17,19). The molecular weight excluding hydrogens is 271 g/mol. The average molecular weight is 285 g/mol. The quantitative estimate of drug-likeness (QED) is 0.906. The molecule has 0 aliphatic rings. The predicted octanol–water partition coefficient (Wildman–Crippen LogP) is 2.49. The summed E-state index contributed by atoms with van der Waals surface area (Å²) in [6, 6.07) is 1.95. The first-order chi connectivity index (χ1) is 9.38. The smallest absolute Gasteiger partial charge is 0.373 e. The Balaban J connectivity index is 2.18. The van der Waals surface area contributed by atoms with Crippen molar-refractivity contribution < 1.29 is 13.2 Å². The molecule has 0 radical (unpaired) electrons. The molecule has 0 aromatic carbocycles. The van der Waals surface area contributed by atoms with Gasteiger partial charge in [-0.2, -0.15) is 18.3 Å². The number of hydrogen-bond donors (Lipinski definition) is 2. The number of nitrogens with zero attached hydrogens (tertiary/aromatic N) is 3. The molecule has 20 heavy (non-hydrogen) atoms. The zero-order valence-electron chi connectivity index (χ0n) is 11.0. The molecule has 2 rings (SSSR count). The van der Waals surface area contributed by atoms with E-state index in [-0.39, 0.29) is 11.6 Å². The second kappa shape index (κ2) is 5.40. The number of alkyl halides is 3. The molecule has 2 heterocycles. The van der Waals surface area contributed by atoms with Crippen LogP contribution >= 0.6 is 0 Å². The Hall–Kier alpha value is -2.25. The van der Waals surface area contributed by atoms with Gasteiger partial charge in [0.1, 0.15) is 11.6 Å². The second-order valence-corrected chi connectivity index (χ2v) is 4.25. The number of hydrogen-bond acceptors (Lipinski definition) is 4. The van der Waals surface area contributed by atoms with Gasteiger partial charge < -0.3 is 10.6 Å². The molecule has 0 aliphatic carbocycles. The molecule has 0 saturated carbocycles. The zero-order chi connectivity index (χ0) is 14.8. The van der Waals surface area contributed by atoms with Crippen LogP contribution in [0.25, 0.3) is 0 Å². The van der Waals surface area contributed by atoms with Crippen molar-refractivity contribution in [3.8, 4) is 0 Å². The summed E-state index contributed by atoms with van der Waals surface area (Å²) in [4.78, 5) is 4.04. The van der Waals surface area contributed by atoms with Gasteiger partial charge in [0.25, 0.3) is 0 Å².